The van der Waals surface area contributed by atoms with Crippen LogP contribution in [0.1, 0.15) is 43.0 Å². The van der Waals surface area contributed by atoms with E-state index in [1.54, 1.807) is 0 Å². The first kappa shape index (κ1) is 22.1. The van der Waals surface area contributed by atoms with Gasteiger partial charge in [0.15, 0.2) is 0 Å². The van der Waals surface area contributed by atoms with Gasteiger partial charge in [0.25, 0.3) is 0 Å². The third-order valence-corrected chi connectivity index (χ3v) is 7.35. The Morgan fingerprint density at radius 2 is 1.82 bits per heavy atom. The first-order valence-electron chi connectivity index (χ1n) is 12.4. The van der Waals surface area contributed by atoms with Crippen LogP contribution in [0, 0.1) is 11.8 Å². The number of morpholine rings is 1. The molecule has 0 unspecified atom stereocenters. The fraction of sp³-hybridized carbons (Fsp3) is 0.577. The fourth-order valence-electron chi connectivity index (χ4n) is 5.06. The van der Waals surface area contributed by atoms with Gasteiger partial charge in [-0.2, -0.15) is 0 Å². The van der Waals surface area contributed by atoms with E-state index in [4.69, 9.17) is 9.72 Å². The van der Waals surface area contributed by atoms with Crippen LogP contribution in [0.5, 0.6) is 0 Å². The van der Waals surface area contributed by atoms with Crippen LogP contribution in [0.25, 0.3) is 0 Å². The lowest BCUT2D eigenvalue weighted by molar-refractivity contribution is -0.125. The molecule has 33 heavy (non-hydrogen) atoms. The Bertz CT molecular complexity index is 950. The second-order valence-corrected chi connectivity index (χ2v) is 9.73. The summed E-state index contributed by atoms with van der Waals surface area (Å²) in [6.07, 6.45) is 6.80. The molecule has 1 atom stereocenters. The molecular formula is C26H35N5O2. The molecule has 1 aromatic carbocycles. The number of carbonyl (C=O) groups is 1. The lowest BCUT2D eigenvalue weighted by Gasteiger charge is -2.31. The Morgan fingerprint density at radius 1 is 1.06 bits per heavy atom. The average Bonchev–Trinajstić information content (AvgIpc) is 2.88. The summed E-state index contributed by atoms with van der Waals surface area (Å²) in [5, 5.41) is 3.14. The summed E-state index contributed by atoms with van der Waals surface area (Å²) in [5.74, 6) is 1.78. The highest BCUT2D eigenvalue weighted by Gasteiger charge is 2.27. The number of anilines is 2. The van der Waals surface area contributed by atoms with E-state index in [1.807, 2.05) is 6.20 Å². The Labute approximate surface area is 196 Å². The van der Waals surface area contributed by atoms with Crippen molar-refractivity contribution in [2.75, 3.05) is 49.2 Å². The normalized spacial score (nSPS) is 21.5. The number of nitrogens with one attached hydrogen (secondary N) is 1. The molecule has 176 valence electrons. The standard InChI is InChI=1S/C26H35N5O2/c1-19-8-10-31(11-9-19)26-28-18-22-16-21(4-7-24(22)29-26)25(32)27-17-20-2-5-23(6-3-20)30-12-14-33-15-13-30/h2-3,5-6,18-19,21H,4,7-17H2,1H3,(H,27,32)/t21-/m1/s1. The molecule has 3 aliphatic rings. The molecule has 1 N–H and O–H groups in total. The highest BCUT2D eigenvalue weighted by Crippen LogP contribution is 2.27. The minimum Gasteiger partial charge on any atom is -0.378 e. The number of amides is 1. The maximum absolute atomic E-state index is 12.9. The molecule has 2 fully saturated rings. The number of benzene rings is 1. The predicted molar refractivity (Wildman–Crippen MR) is 129 cm³/mol. The SMILES string of the molecule is CC1CCN(c2ncc3c(n2)CC[C@@H](C(=O)NCc2ccc(N4CCOCC4)cc2)C3)CC1. The summed E-state index contributed by atoms with van der Waals surface area (Å²) in [5.41, 5.74) is 4.60. The van der Waals surface area contributed by atoms with Gasteiger partial charge in [0.2, 0.25) is 11.9 Å². The number of nitrogens with zero attached hydrogens (tertiary/aromatic N) is 4. The van der Waals surface area contributed by atoms with Crippen LogP contribution in [0.3, 0.4) is 0 Å². The average molecular weight is 450 g/mol. The monoisotopic (exact) mass is 449 g/mol. The molecule has 0 saturated carbocycles. The van der Waals surface area contributed by atoms with Gasteiger partial charge in [0.1, 0.15) is 0 Å². The number of ether oxygens (including phenoxy) is 1. The number of fused-ring (bicyclic) bond motifs is 1. The zero-order chi connectivity index (χ0) is 22.6. The van der Waals surface area contributed by atoms with Crippen LogP contribution >= 0.6 is 0 Å². The molecule has 0 bridgehead atoms. The predicted octanol–water partition coefficient (Wildman–Crippen LogP) is 2.97. The van der Waals surface area contributed by atoms with Crippen LogP contribution in [-0.2, 0) is 28.9 Å². The molecule has 1 aliphatic carbocycles. The van der Waals surface area contributed by atoms with Gasteiger partial charge in [0, 0.05) is 56.2 Å². The number of aromatic nitrogens is 2. The van der Waals surface area contributed by atoms with Crippen LogP contribution in [0.4, 0.5) is 11.6 Å². The largest absolute Gasteiger partial charge is 0.378 e. The highest BCUT2D eigenvalue weighted by molar-refractivity contribution is 5.79. The maximum Gasteiger partial charge on any atom is 0.225 e. The zero-order valence-electron chi connectivity index (χ0n) is 19.6. The van der Waals surface area contributed by atoms with Crippen molar-refractivity contribution in [1.82, 2.24) is 15.3 Å². The van der Waals surface area contributed by atoms with E-state index < -0.39 is 0 Å². The van der Waals surface area contributed by atoms with E-state index in [1.165, 1.54) is 18.5 Å². The summed E-state index contributed by atoms with van der Waals surface area (Å²) < 4.78 is 5.43. The Balaban J connectivity index is 1.13. The topological polar surface area (TPSA) is 70.6 Å². The first-order chi connectivity index (χ1) is 16.2. The molecule has 7 heteroatoms. The van der Waals surface area contributed by atoms with Crippen LogP contribution in [-0.4, -0.2) is 55.3 Å². The van der Waals surface area contributed by atoms with E-state index in [-0.39, 0.29) is 11.8 Å². The molecule has 1 aromatic heterocycles. The molecule has 7 nitrogen and oxygen atoms in total. The van der Waals surface area contributed by atoms with Crippen molar-refractivity contribution in [2.24, 2.45) is 11.8 Å². The summed E-state index contributed by atoms with van der Waals surface area (Å²) in [6, 6.07) is 8.50. The van der Waals surface area contributed by atoms with Crippen molar-refractivity contribution in [2.45, 2.75) is 45.6 Å². The number of piperidine rings is 1. The van der Waals surface area contributed by atoms with E-state index >= 15 is 0 Å². The molecule has 2 aromatic rings. The van der Waals surface area contributed by atoms with Gasteiger partial charge in [-0.05, 0) is 61.3 Å². The summed E-state index contributed by atoms with van der Waals surface area (Å²) in [4.78, 5) is 27.0. The molecule has 3 heterocycles. The number of hydrogen-bond acceptors (Lipinski definition) is 6. The van der Waals surface area contributed by atoms with Gasteiger partial charge in [-0.15, -0.1) is 0 Å². The van der Waals surface area contributed by atoms with E-state index in [0.29, 0.717) is 6.54 Å². The minimum atomic E-state index is -0.00425. The quantitative estimate of drug-likeness (QED) is 0.757. The van der Waals surface area contributed by atoms with E-state index in [9.17, 15) is 4.79 Å². The van der Waals surface area contributed by atoms with Gasteiger partial charge in [-0.25, -0.2) is 9.97 Å². The van der Waals surface area contributed by atoms with Crippen LogP contribution < -0.4 is 15.1 Å². The third kappa shape index (κ3) is 5.29. The van der Waals surface area contributed by atoms with Crippen molar-refractivity contribution in [1.29, 1.82) is 0 Å². The number of aryl methyl sites for hydroxylation is 1. The smallest absolute Gasteiger partial charge is 0.225 e. The van der Waals surface area contributed by atoms with Gasteiger partial charge in [-0.1, -0.05) is 19.1 Å². The number of rotatable bonds is 5. The molecule has 1 amide bonds. The minimum absolute atomic E-state index is 0.00425. The van der Waals surface area contributed by atoms with Gasteiger partial charge in [0.05, 0.1) is 13.2 Å². The lowest BCUT2D eigenvalue weighted by Crippen LogP contribution is -2.36. The van der Waals surface area contributed by atoms with E-state index in [2.05, 4.69) is 51.3 Å². The van der Waals surface area contributed by atoms with Crippen LogP contribution in [0.15, 0.2) is 30.5 Å². The fourth-order valence-corrected chi connectivity index (χ4v) is 5.06. The van der Waals surface area contributed by atoms with E-state index in [0.717, 1.165) is 87.3 Å². The third-order valence-electron chi connectivity index (χ3n) is 7.35. The van der Waals surface area contributed by atoms with Crippen molar-refractivity contribution in [3.8, 4) is 0 Å². The maximum atomic E-state index is 12.9. The molecule has 5 rings (SSSR count). The molecule has 2 aliphatic heterocycles. The lowest BCUT2D eigenvalue weighted by atomic mass is 9.86. The highest BCUT2D eigenvalue weighted by atomic mass is 16.5. The summed E-state index contributed by atoms with van der Waals surface area (Å²) in [6.45, 7) is 8.39. The van der Waals surface area contributed by atoms with Crippen molar-refractivity contribution in [3.05, 3.63) is 47.3 Å². The van der Waals surface area contributed by atoms with Crippen LogP contribution in [0.2, 0.25) is 0 Å². The second kappa shape index (κ2) is 10.1. The first-order valence-corrected chi connectivity index (χ1v) is 12.4. The van der Waals surface area contributed by atoms with Crippen molar-refractivity contribution < 1.29 is 9.53 Å². The summed E-state index contributed by atoms with van der Waals surface area (Å²) >= 11 is 0. The second-order valence-electron chi connectivity index (χ2n) is 9.73. The van der Waals surface area contributed by atoms with Gasteiger partial charge in [-0.3, -0.25) is 4.79 Å². The Hall–Kier alpha value is -2.67. The molecular weight excluding hydrogens is 414 g/mol. The Morgan fingerprint density at radius 3 is 2.58 bits per heavy atom. The van der Waals surface area contributed by atoms with Gasteiger partial charge < -0.3 is 19.9 Å². The van der Waals surface area contributed by atoms with Gasteiger partial charge >= 0.3 is 0 Å². The number of hydrogen-bond donors (Lipinski definition) is 1. The molecule has 0 radical (unpaired) electrons. The number of carbonyl (C=O) groups excluding carboxylic acids is 1. The Kier molecular flexibility index (Phi) is 6.76. The zero-order valence-corrected chi connectivity index (χ0v) is 19.6. The summed E-state index contributed by atoms with van der Waals surface area (Å²) in [7, 11) is 0. The molecule has 2 saturated heterocycles. The van der Waals surface area contributed by atoms with Crippen molar-refractivity contribution in [3.63, 3.8) is 0 Å². The molecule has 0 spiro atoms. The van der Waals surface area contributed by atoms with Crippen molar-refractivity contribution >= 4 is 17.5 Å².